The Bertz CT molecular complexity index is 748. The van der Waals surface area contributed by atoms with Crippen LogP contribution in [0.15, 0.2) is 23.8 Å². The Labute approximate surface area is 148 Å². The molecule has 0 aromatic heterocycles. The minimum absolute atomic E-state index is 0.121. The van der Waals surface area contributed by atoms with Gasteiger partial charge in [0, 0.05) is 23.8 Å². The van der Waals surface area contributed by atoms with Crippen LogP contribution >= 0.6 is 0 Å². The molecule has 6 aliphatic rings. The molecule has 0 bridgehead atoms. The van der Waals surface area contributed by atoms with Gasteiger partial charge in [-0.1, -0.05) is 12.5 Å². The maximum atomic E-state index is 11.9. The molecule has 3 heteroatoms. The van der Waals surface area contributed by atoms with Crippen LogP contribution in [0.25, 0.3) is 0 Å². The molecule has 0 amide bonds. The number of allylic oxidation sites excluding steroid dienone is 1. The van der Waals surface area contributed by atoms with E-state index >= 15 is 0 Å². The van der Waals surface area contributed by atoms with Crippen molar-refractivity contribution in [2.75, 3.05) is 0 Å². The van der Waals surface area contributed by atoms with Crippen molar-refractivity contribution < 1.29 is 14.3 Å². The summed E-state index contributed by atoms with van der Waals surface area (Å²) in [6.07, 6.45) is 13.6. The fraction of sp³-hybridized carbons (Fsp3) is 0.727. The van der Waals surface area contributed by atoms with Crippen LogP contribution in [0.3, 0.4) is 0 Å². The van der Waals surface area contributed by atoms with E-state index in [0.29, 0.717) is 23.5 Å². The van der Waals surface area contributed by atoms with Crippen LogP contribution in [0, 0.1) is 40.9 Å². The quantitative estimate of drug-likeness (QED) is 0.630. The summed E-state index contributed by atoms with van der Waals surface area (Å²) in [6, 6.07) is 0. The van der Waals surface area contributed by atoms with Crippen molar-refractivity contribution in [3.05, 3.63) is 23.8 Å². The number of rotatable bonds is 0. The Morgan fingerprint density at radius 1 is 1.08 bits per heavy atom. The third-order valence-electron chi connectivity index (χ3n) is 9.03. The largest absolute Gasteiger partial charge is 0.451 e. The van der Waals surface area contributed by atoms with Crippen molar-refractivity contribution in [2.24, 2.45) is 40.9 Å². The Morgan fingerprint density at radius 2 is 1.96 bits per heavy atom. The van der Waals surface area contributed by atoms with E-state index in [4.69, 9.17) is 4.74 Å². The maximum Gasteiger partial charge on any atom is 0.331 e. The van der Waals surface area contributed by atoms with Crippen molar-refractivity contribution in [1.29, 1.82) is 0 Å². The van der Waals surface area contributed by atoms with Crippen molar-refractivity contribution in [3.8, 4) is 0 Å². The molecule has 0 aromatic rings. The van der Waals surface area contributed by atoms with E-state index in [2.05, 4.69) is 13.0 Å². The molecular formula is C22H26O3. The second-order valence-electron chi connectivity index (χ2n) is 9.73. The lowest BCUT2D eigenvalue weighted by Gasteiger charge is -2.56. The molecule has 0 aromatic carbocycles. The fourth-order valence-corrected chi connectivity index (χ4v) is 8.13. The van der Waals surface area contributed by atoms with Gasteiger partial charge in [-0.2, -0.15) is 0 Å². The average Bonchev–Trinajstić information content (AvgIpc) is 3.23. The van der Waals surface area contributed by atoms with Crippen molar-refractivity contribution in [1.82, 2.24) is 0 Å². The van der Waals surface area contributed by atoms with Crippen LogP contribution < -0.4 is 0 Å². The summed E-state index contributed by atoms with van der Waals surface area (Å²) in [4.78, 5) is 23.8. The smallest absolute Gasteiger partial charge is 0.331 e. The van der Waals surface area contributed by atoms with Gasteiger partial charge in [0.2, 0.25) is 0 Å². The van der Waals surface area contributed by atoms with Crippen LogP contribution in [-0.2, 0) is 14.3 Å². The average molecular weight is 338 g/mol. The maximum absolute atomic E-state index is 11.9. The SMILES string of the molecule is C[C@]12CC[C@H]3[C@@H](CCC4=CC(=O)CC[C@@H]43)[C@@H]1[C@H]1C[C@H]1[C@@]21C=CC(=O)O1. The van der Waals surface area contributed by atoms with E-state index in [0.717, 1.165) is 37.0 Å². The minimum atomic E-state index is -0.303. The van der Waals surface area contributed by atoms with Gasteiger partial charge >= 0.3 is 5.97 Å². The number of fused-ring (bicyclic) bond motifs is 9. The summed E-state index contributed by atoms with van der Waals surface area (Å²) in [5.74, 6) is 4.39. The summed E-state index contributed by atoms with van der Waals surface area (Å²) in [6.45, 7) is 2.42. The molecule has 5 aliphatic carbocycles. The molecule has 8 atom stereocenters. The first-order valence-corrected chi connectivity index (χ1v) is 10.2. The number of ketones is 1. The molecule has 1 spiro atoms. The van der Waals surface area contributed by atoms with Crippen LogP contribution in [-0.4, -0.2) is 17.4 Å². The number of carbonyl (C=O) groups is 2. The summed E-state index contributed by atoms with van der Waals surface area (Å²) in [7, 11) is 0. The molecule has 132 valence electrons. The second kappa shape index (κ2) is 4.47. The Morgan fingerprint density at radius 3 is 2.76 bits per heavy atom. The molecule has 0 radical (unpaired) electrons. The lowest BCUT2D eigenvalue weighted by atomic mass is 9.49. The van der Waals surface area contributed by atoms with Gasteiger partial charge in [0.25, 0.3) is 0 Å². The molecule has 3 nitrogen and oxygen atoms in total. The minimum Gasteiger partial charge on any atom is -0.451 e. The van der Waals surface area contributed by atoms with Gasteiger partial charge in [-0.15, -0.1) is 0 Å². The summed E-state index contributed by atoms with van der Waals surface area (Å²) in [5.41, 5.74) is 1.27. The molecule has 4 saturated carbocycles. The van der Waals surface area contributed by atoms with E-state index in [-0.39, 0.29) is 17.0 Å². The monoisotopic (exact) mass is 338 g/mol. The van der Waals surface area contributed by atoms with E-state index in [9.17, 15) is 9.59 Å². The molecule has 0 unspecified atom stereocenters. The van der Waals surface area contributed by atoms with Crippen molar-refractivity contribution in [3.63, 3.8) is 0 Å². The van der Waals surface area contributed by atoms with Crippen LogP contribution in [0.1, 0.15) is 51.9 Å². The lowest BCUT2D eigenvalue weighted by Crippen LogP contribution is -2.54. The first kappa shape index (κ1) is 14.8. The van der Waals surface area contributed by atoms with Crippen LogP contribution in [0.4, 0.5) is 0 Å². The highest BCUT2D eigenvalue weighted by Crippen LogP contribution is 2.77. The number of hydrogen-bond donors (Lipinski definition) is 0. The molecule has 0 saturated heterocycles. The molecular weight excluding hydrogens is 312 g/mol. The normalized spacial score (nSPS) is 55.2. The topological polar surface area (TPSA) is 43.4 Å². The number of hydrogen-bond acceptors (Lipinski definition) is 3. The second-order valence-corrected chi connectivity index (χ2v) is 9.73. The standard InChI is InChI=1S/C22H26O3/c1-21-8-6-15-14-5-3-13(23)10-12(14)2-4-16(15)20(21)17-11-18(17)22(21)9-7-19(24)25-22/h7,9-10,14-18,20H,2-6,8,11H2,1H3/t14-,15+,16+,17-,18+,20+,21-,22-/m0/s1. The van der Waals surface area contributed by atoms with Gasteiger partial charge in [0.1, 0.15) is 5.60 Å². The predicted molar refractivity (Wildman–Crippen MR) is 92.4 cm³/mol. The number of ether oxygens (including phenoxy) is 1. The van der Waals surface area contributed by atoms with Gasteiger partial charge in [-0.3, -0.25) is 4.79 Å². The van der Waals surface area contributed by atoms with E-state index < -0.39 is 0 Å². The number of esters is 1. The van der Waals surface area contributed by atoms with Gasteiger partial charge in [-0.25, -0.2) is 4.79 Å². The van der Waals surface area contributed by atoms with Gasteiger partial charge in [-0.05, 0) is 80.3 Å². The summed E-state index contributed by atoms with van der Waals surface area (Å²) < 4.78 is 6.03. The highest BCUT2D eigenvalue weighted by molar-refractivity contribution is 5.91. The van der Waals surface area contributed by atoms with E-state index in [1.807, 2.05) is 6.08 Å². The first-order chi connectivity index (χ1) is 12.0. The van der Waals surface area contributed by atoms with Gasteiger partial charge < -0.3 is 4.74 Å². The molecule has 4 fully saturated rings. The molecule has 25 heavy (non-hydrogen) atoms. The third kappa shape index (κ3) is 1.64. The highest BCUT2D eigenvalue weighted by atomic mass is 16.6. The summed E-state index contributed by atoms with van der Waals surface area (Å²) in [5, 5.41) is 0. The van der Waals surface area contributed by atoms with Crippen LogP contribution in [0.2, 0.25) is 0 Å². The predicted octanol–water partition coefficient (Wildman–Crippen LogP) is 3.84. The molecule has 1 heterocycles. The lowest BCUT2D eigenvalue weighted by molar-refractivity contribution is -0.167. The molecule has 0 N–H and O–H groups in total. The van der Waals surface area contributed by atoms with Gasteiger partial charge in [0.05, 0.1) is 0 Å². The zero-order valence-electron chi connectivity index (χ0n) is 14.9. The van der Waals surface area contributed by atoms with Crippen LogP contribution in [0.5, 0.6) is 0 Å². The fourth-order valence-electron chi connectivity index (χ4n) is 8.13. The zero-order chi connectivity index (χ0) is 17.0. The van der Waals surface area contributed by atoms with Gasteiger partial charge in [0.15, 0.2) is 5.78 Å². The van der Waals surface area contributed by atoms with Crippen molar-refractivity contribution >= 4 is 11.8 Å². The highest BCUT2D eigenvalue weighted by Gasteiger charge is 2.77. The Balaban J connectivity index is 1.38. The molecule has 1 aliphatic heterocycles. The van der Waals surface area contributed by atoms with E-state index in [1.54, 1.807) is 6.08 Å². The Kier molecular flexibility index (Phi) is 2.64. The zero-order valence-corrected chi connectivity index (χ0v) is 14.9. The third-order valence-corrected chi connectivity index (χ3v) is 9.03. The van der Waals surface area contributed by atoms with E-state index in [1.165, 1.54) is 31.3 Å². The number of carbonyl (C=O) groups excluding carboxylic acids is 2. The summed E-state index contributed by atoms with van der Waals surface area (Å²) >= 11 is 0. The molecule has 6 rings (SSSR count). The Hall–Kier alpha value is -1.38. The van der Waals surface area contributed by atoms with Crippen molar-refractivity contribution in [2.45, 2.75) is 57.5 Å². The first-order valence-electron chi connectivity index (χ1n) is 10.2.